The molecule has 2 aliphatic rings. The third-order valence-electron chi connectivity index (χ3n) is 4.33. The predicted octanol–water partition coefficient (Wildman–Crippen LogP) is 0.878. The summed E-state index contributed by atoms with van der Waals surface area (Å²) in [4.78, 5) is 12.6. The van der Waals surface area contributed by atoms with Gasteiger partial charge >= 0.3 is 0 Å². The van der Waals surface area contributed by atoms with Gasteiger partial charge in [0, 0.05) is 18.9 Å². The van der Waals surface area contributed by atoms with E-state index >= 15 is 0 Å². The zero-order chi connectivity index (χ0) is 13.1. The molecular formula is C14H22N4O. The van der Waals surface area contributed by atoms with E-state index in [1.165, 1.54) is 12.8 Å². The zero-order valence-electron chi connectivity index (χ0n) is 11.3. The molecule has 0 unspecified atom stereocenters. The second kappa shape index (κ2) is 5.33. The maximum absolute atomic E-state index is 12.6. The van der Waals surface area contributed by atoms with E-state index in [4.69, 9.17) is 0 Å². The minimum absolute atomic E-state index is 0.137. The topological polar surface area (TPSA) is 59.0 Å². The van der Waals surface area contributed by atoms with E-state index in [2.05, 4.69) is 15.7 Å². The van der Waals surface area contributed by atoms with Crippen LogP contribution < -0.4 is 10.6 Å². The fourth-order valence-corrected chi connectivity index (χ4v) is 2.88. The van der Waals surface area contributed by atoms with E-state index in [-0.39, 0.29) is 5.91 Å². The summed E-state index contributed by atoms with van der Waals surface area (Å²) < 4.78 is 1.85. The van der Waals surface area contributed by atoms with Gasteiger partial charge in [0.15, 0.2) is 0 Å². The molecule has 0 atom stereocenters. The molecule has 19 heavy (non-hydrogen) atoms. The van der Waals surface area contributed by atoms with Crippen molar-refractivity contribution in [2.45, 2.75) is 37.6 Å². The number of hydrogen-bond acceptors (Lipinski definition) is 3. The molecule has 1 aliphatic heterocycles. The van der Waals surface area contributed by atoms with Crippen molar-refractivity contribution in [1.29, 1.82) is 0 Å². The Hall–Kier alpha value is -1.36. The van der Waals surface area contributed by atoms with Crippen molar-refractivity contribution < 1.29 is 4.79 Å². The van der Waals surface area contributed by atoms with Crippen LogP contribution in [0.1, 0.15) is 32.1 Å². The Morgan fingerprint density at radius 2 is 2.21 bits per heavy atom. The summed E-state index contributed by atoms with van der Waals surface area (Å²) >= 11 is 0. The summed E-state index contributed by atoms with van der Waals surface area (Å²) in [5.41, 5.74) is -0.488. The van der Waals surface area contributed by atoms with Gasteiger partial charge in [0.1, 0.15) is 5.54 Å². The molecule has 0 spiro atoms. The van der Waals surface area contributed by atoms with E-state index in [1.807, 2.05) is 16.9 Å². The molecule has 3 rings (SSSR count). The van der Waals surface area contributed by atoms with Crippen LogP contribution in [0.3, 0.4) is 0 Å². The Morgan fingerprint density at radius 3 is 2.84 bits per heavy atom. The van der Waals surface area contributed by atoms with E-state index in [0.717, 1.165) is 44.8 Å². The maximum Gasteiger partial charge on any atom is 0.248 e. The highest BCUT2D eigenvalue weighted by Crippen LogP contribution is 2.32. The summed E-state index contributed by atoms with van der Waals surface area (Å²) in [5.74, 6) is 0.993. The fourth-order valence-electron chi connectivity index (χ4n) is 2.88. The molecule has 0 aromatic carbocycles. The third-order valence-corrected chi connectivity index (χ3v) is 4.33. The molecule has 1 aromatic rings. The monoisotopic (exact) mass is 262 g/mol. The summed E-state index contributed by atoms with van der Waals surface area (Å²) in [6.45, 7) is 2.55. The van der Waals surface area contributed by atoms with Crippen molar-refractivity contribution in [2.75, 3.05) is 19.6 Å². The molecule has 1 saturated heterocycles. The first-order valence-electron chi connectivity index (χ1n) is 7.30. The quantitative estimate of drug-likeness (QED) is 0.828. The van der Waals surface area contributed by atoms with Crippen LogP contribution in [0.2, 0.25) is 0 Å². The molecule has 2 heterocycles. The van der Waals surface area contributed by atoms with Crippen molar-refractivity contribution >= 4 is 5.91 Å². The Balaban J connectivity index is 1.68. The third kappa shape index (κ3) is 2.66. The lowest BCUT2D eigenvalue weighted by atomic mass is 9.87. The number of nitrogens with one attached hydrogen (secondary N) is 2. The van der Waals surface area contributed by atoms with Crippen LogP contribution >= 0.6 is 0 Å². The summed E-state index contributed by atoms with van der Waals surface area (Å²) in [6.07, 6.45) is 9.08. The van der Waals surface area contributed by atoms with Crippen molar-refractivity contribution in [1.82, 2.24) is 20.4 Å². The van der Waals surface area contributed by atoms with Gasteiger partial charge < -0.3 is 10.6 Å². The molecule has 1 aromatic heterocycles. The molecule has 1 saturated carbocycles. The van der Waals surface area contributed by atoms with Crippen LogP contribution in [0.5, 0.6) is 0 Å². The number of hydrogen-bond donors (Lipinski definition) is 2. The van der Waals surface area contributed by atoms with Gasteiger partial charge in [-0.1, -0.05) is 12.8 Å². The number of carbonyl (C=O) groups is 1. The van der Waals surface area contributed by atoms with Crippen LogP contribution in [0.4, 0.5) is 0 Å². The Bertz CT molecular complexity index is 419. The maximum atomic E-state index is 12.6. The molecule has 0 radical (unpaired) electrons. The largest absolute Gasteiger partial charge is 0.354 e. The SMILES string of the molecule is O=C(NCCC1CC1)C1(n2cccn2)CCNCC1. The minimum atomic E-state index is -0.488. The molecule has 0 bridgehead atoms. The van der Waals surface area contributed by atoms with Crippen LogP contribution in [-0.4, -0.2) is 35.3 Å². The first kappa shape index (κ1) is 12.7. The van der Waals surface area contributed by atoms with Gasteiger partial charge in [0.2, 0.25) is 5.91 Å². The number of aromatic nitrogens is 2. The van der Waals surface area contributed by atoms with Crippen molar-refractivity contribution in [3.8, 4) is 0 Å². The first-order chi connectivity index (χ1) is 9.31. The van der Waals surface area contributed by atoms with Gasteiger partial charge in [0.25, 0.3) is 0 Å². The van der Waals surface area contributed by atoms with Crippen LogP contribution in [0.15, 0.2) is 18.5 Å². The van der Waals surface area contributed by atoms with Crippen molar-refractivity contribution in [3.05, 3.63) is 18.5 Å². The van der Waals surface area contributed by atoms with Crippen molar-refractivity contribution in [3.63, 3.8) is 0 Å². The van der Waals surface area contributed by atoms with Gasteiger partial charge in [-0.15, -0.1) is 0 Å². The lowest BCUT2D eigenvalue weighted by molar-refractivity contribution is -0.132. The van der Waals surface area contributed by atoms with Gasteiger partial charge in [-0.2, -0.15) is 5.10 Å². The molecule has 1 aliphatic carbocycles. The predicted molar refractivity (Wildman–Crippen MR) is 72.7 cm³/mol. The highest BCUT2D eigenvalue weighted by molar-refractivity contribution is 5.84. The van der Waals surface area contributed by atoms with Gasteiger partial charge in [-0.25, -0.2) is 0 Å². The Morgan fingerprint density at radius 1 is 1.42 bits per heavy atom. The lowest BCUT2D eigenvalue weighted by Gasteiger charge is -2.36. The number of piperidine rings is 1. The van der Waals surface area contributed by atoms with E-state index < -0.39 is 5.54 Å². The Labute approximate surface area is 113 Å². The lowest BCUT2D eigenvalue weighted by Crippen LogP contribution is -2.54. The number of amides is 1. The standard InChI is InChI=1S/C14H22N4O/c19-13(16-8-4-12-2-3-12)14(5-9-15-10-6-14)18-11-1-7-17-18/h1,7,11-12,15H,2-6,8-10H2,(H,16,19). The Kier molecular flexibility index (Phi) is 3.55. The average molecular weight is 262 g/mol. The number of nitrogens with zero attached hydrogens (tertiary/aromatic N) is 2. The van der Waals surface area contributed by atoms with Crippen LogP contribution in [-0.2, 0) is 10.3 Å². The minimum Gasteiger partial charge on any atom is -0.354 e. The van der Waals surface area contributed by atoms with Crippen LogP contribution in [0, 0.1) is 5.92 Å². The second-order valence-electron chi connectivity index (χ2n) is 5.72. The normalized spacial score (nSPS) is 22.1. The first-order valence-corrected chi connectivity index (χ1v) is 7.30. The van der Waals surface area contributed by atoms with E-state index in [1.54, 1.807) is 6.20 Å². The highest BCUT2D eigenvalue weighted by Gasteiger charge is 2.41. The number of carbonyl (C=O) groups excluding carboxylic acids is 1. The summed E-state index contributed by atoms with van der Waals surface area (Å²) in [5, 5.41) is 10.8. The van der Waals surface area contributed by atoms with Crippen molar-refractivity contribution in [2.24, 2.45) is 5.92 Å². The van der Waals surface area contributed by atoms with Gasteiger partial charge in [-0.3, -0.25) is 9.48 Å². The summed E-state index contributed by atoms with van der Waals surface area (Å²) in [6, 6.07) is 1.89. The molecule has 2 N–H and O–H groups in total. The van der Waals surface area contributed by atoms with Crippen LogP contribution in [0.25, 0.3) is 0 Å². The van der Waals surface area contributed by atoms with E-state index in [0.29, 0.717) is 0 Å². The molecule has 2 fully saturated rings. The summed E-state index contributed by atoms with van der Waals surface area (Å²) in [7, 11) is 0. The number of rotatable bonds is 5. The van der Waals surface area contributed by atoms with Gasteiger partial charge in [-0.05, 0) is 44.3 Å². The molecule has 5 heteroatoms. The zero-order valence-corrected chi connectivity index (χ0v) is 11.3. The molecule has 104 valence electrons. The van der Waals surface area contributed by atoms with Gasteiger partial charge in [0.05, 0.1) is 0 Å². The average Bonchev–Trinajstić information content (AvgIpc) is 3.10. The second-order valence-corrected chi connectivity index (χ2v) is 5.72. The van der Waals surface area contributed by atoms with E-state index in [9.17, 15) is 4.79 Å². The molecular weight excluding hydrogens is 240 g/mol. The fraction of sp³-hybridized carbons (Fsp3) is 0.714. The molecule has 1 amide bonds. The highest BCUT2D eigenvalue weighted by atomic mass is 16.2. The molecule has 5 nitrogen and oxygen atoms in total. The smallest absolute Gasteiger partial charge is 0.248 e.